The number of hydrogen-bond donors (Lipinski definition) is 0. The number of amides is 1. The van der Waals surface area contributed by atoms with Crippen LogP contribution in [-0.4, -0.2) is 22.9 Å². The van der Waals surface area contributed by atoms with Gasteiger partial charge in [0.25, 0.3) is 5.69 Å². The van der Waals surface area contributed by atoms with Crippen molar-refractivity contribution < 1.29 is 14.6 Å². The van der Waals surface area contributed by atoms with Crippen LogP contribution in [0.4, 0.5) is 5.69 Å². The first-order valence-corrected chi connectivity index (χ1v) is 5.26. The van der Waals surface area contributed by atoms with Crippen molar-refractivity contribution >= 4 is 12.1 Å². The zero-order valence-corrected chi connectivity index (χ0v) is 9.54. The summed E-state index contributed by atoms with van der Waals surface area (Å²) in [6.45, 7) is 2.38. The summed E-state index contributed by atoms with van der Waals surface area (Å²) in [6.07, 6.45) is 1.33. The van der Waals surface area contributed by atoms with E-state index in [-0.39, 0.29) is 12.3 Å². The molecule has 6 nitrogen and oxygen atoms in total. The number of nitro groups is 1. The quantitative estimate of drug-likeness (QED) is 0.413. The smallest absolute Gasteiger partial charge is 0.275 e. The summed E-state index contributed by atoms with van der Waals surface area (Å²) in [5.74, 6) is 0. The second-order valence-corrected chi connectivity index (χ2v) is 3.41. The maximum atomic E-state index is 10.7. The van der Waals surface area contributed by atoms with Crippen LogP contribution in [-0.2, 0) is 16.2 Å². The fourth-order valence-corrected chi connectivity index (χ4v) is 1.33. The molecule has 17 heavy (non-hydrogen) atoms. The highest BCUT2D eigenvalue weighted by Crippen LogP contribution is 2.18. The largest absolute Gasteiger partial charge is 0.276 e. The van der Waals surface area contributed by atoms with Crippen LogP contribution in [0, 0.1) is 10.1 Å². The molecular weight excluding hydrogens is 224 g/mol. The molecule has 1 rings (SSSR count). The molecule has 92 valence electrons. The van der Waals surface area contributed by atoms with Gasteiger partial charge in [0.2, 0.25) is 6.41 Å². The van der Waals surface area contributed by atoms with Gasteiger partial charge < -0.3 is 0 Å². The Morgan fingerprint density at radius 3 is 2.76 bits per heavy atom. The van der Waals surface area contributed by atoms with E-state index in [1.807, 2.05) is 6.92 Å². The van der Waals surface area contributed by atoms with Gasteiger partial charge in [-0.05, 0) is 12.5 Å². The van der Waals surface area contributed by atoms with Crippen molar-refractivity contribution in [2.75, 3.05) is 6.54 Å². The van der Waals surface area contributed by atoms with E-state index in [0.717, 1.165) is 11.5 Å². The maximum Gasteiger partial charge on any atom is 0.275 e. The topological polar surface area (TPSA) is 72.7 Å². The molecule has 0 aliphatic rings. The minimum Gasteiger partial charge on any atom is -0.276 e. The Kier molecular flexibility index (Phi) is 5.09. The van der Waals surface area contributed by atoms with Crippen molar-refractivity contribution in [3.8, 4) is 0 Å². The van der Waals surface area contributed by atoms with Gasteiger partial charge >= 0.3 is 0 Å². The van der Waals surface area contributed by atoms with E-state index in [1.54, 1.807) is 18.2 Å². The van der Waals surface area contributed by atoms with Crippen molar-refractivity contribution in [3.63, 3.8) is 0 Å². The molecular formula is C11H14N2O4. The Balaban J connectivity index is 2.68. The lowest BCUT2D eigenvalue weighted by atomic mass is 10.2. The summed E-state index contributed by atoms with van der Waals surface area (Å²) in [7, 11) is 0. The third kappa shape index (κ3) is 3.84. The zero-order valence-electron chi connectivity index (χ0n) is 9.54. The van der Waals surface area contributed by atoms with Crippen molar-refractivity contribution in [3.05, 3.63) is 39.9 Å². The van der Waals surface area contributed by atoms with Gasteiger partial charge in [-0.25, -0.2) is 5.06 Å². The van der Waals surface area contributed by atoms with Crippen LogP contribution in [0.25, 0.3) is 0 Å². The predicted octanol–water partition coefficient (Wildman–Crippen LogP) is 1.89. The standard InChI is InChI=1S/C11H14N2O4/c1-2-7-12(9-14)17-8-10-5-3-4-6-11(10)13(15)16/h3-6,9H,2,7-8H2,1H3. The summed E-state index contributed by atoms with van der Waals surface area (Å²) < 4.78 is 0. The molecule has 1 aromatic rings. The Bertz CT molecular complexity index is 395. The summed E-state index contributed by atoms with van der Waals surface area (Å²) in [5.41, 5.74) is 0.440. The number of nitro benzene ring substituents is 1. The molecule has 6 heteroatoms. The first kappa shape index (κ1) is 13.1. The first-order valence-electron chi connectivity index (χ1n) is 5.26. The summed E-state index contributed by atoms with van der Waals surface area (Å²) in [5, 5.41) is 11.9. The predicted molar refractivity (Wildman–Crippen MR) is 60.9 cm³/mol. The number of carbonyl (C=O) groups is 1. The van der Waals surface area contributed by atoms with Crippen LogP contribution in [0.5, 0.6) is 0 Å². The van der Waals surface area contributed by atoms with Crippen LogP contribution in [0.15, 0.2) is 24.3 Å². The molecule has 0 atom stereocenters. The number of nitrogens with zero attached hydrogens (tertiary/aromatic N) is 2. The van der Waals surface area contributed by atoms with Crippen LogP contribution in [0.3, 0.4) is 0 Å². The van der Waals surface area contributed by atoms with Crippen molar-refractivity contribution in [1.82, 2.24) is 5.06 Å². The summed E-state index contributed by atoms with van der Waals surface area (Å²) >= 11 is 0. The van der Waals surface area contributed by atoms with E-state index in [9.17, 15) is 14.9 Å². The second kappa shape index (κ2) is 6.59. The van der Waals surface area contributed by atoms with Crippen LogP contribution in [0.1, 0.15) is 18.9 Å². The maximum absolute atomic E-state index is 10.7. The van der Waals surface area contributed by atoms with Crippen LogP contribution < -0.4 is 0 Å². The first-order chi connectivity index (χ1) is 8.19. The molecule has 0 unspecified atom stereocenters. The van der Waals surface area contributed by atoms with Crippen molar-refractivity contribution in [1.29, 1.82) is 0 Å². The Hall–Kier alpha value is -1.95. The molecule has 0 aliphatic carbocycles. The fraction of sp³-hybridized carbons (Fsp3) is 0.364. The third-order valence-electron chi connectivity index (χ3n) is 2.14. The van der Waals surface area contributed by atoms with Crippen LogP contribution >= 0.6 is 0 Å². The Labute approximate surface area is 98.9 Å². The summed E-state index contributed by atoms with van der Waals surface area (Å²) in [4.78, 5) is 26.0. The van der Waals surface area contributed by atoms with E-state index in [0.29, 0.717) is 18.5 Å². The lowest BCUT2D eigenvalue weighted by Gasteiger charge is -2.15. The zero-order chi connectivity index (χ0) is 12.7. The van der Waals surface area contributed by atoms with Gasteiger partial charge in [0, 0.05) is 12.6 Å². The number of hydrogen-bond acceptors (Lipinski definition) is 4. The van der Waals surface area contributed by atoms with Gasteiger partial charge in [0.05, 0.1) is 10.5 Å². The average molecular weight is 238 g/mol. The van der Waals surface area contributed by atoms with E-state index in [4.69, 9.17) is 4.84 Å². The molecule has 1 amide bonds. The van der Waals surface area contributed by atoms with Gasteiger partial charge in [-0.15, -0.1) is 0 Å². The van der Waals surface area contributed by atoms with Gasteiger partial charge in [-0.3, -0.25) is 19.7 Å². The number of rotatable bonds is 7. The molecule has 0 heterocycles. The minimum absolute atomic E-state index is 0.00477. The molecule has 0 aromatic heterocycles. The van der Waals surface area contributed by atoms with Gasteiger partial charge in [0.1, 0.15) is 6.61 Å². The van der Waals surface area contributed by atoms with E-state index < -0.39 is 4.92 Å². The molecule has 0 spiro atoms. The van der Waals surface area contributed by atoms with E-state index in [2.05, 4.69) is 0 Å². The highest BCUT2D eigenvalue weighted by molar-refractivity contribution is 5.45. The van der Waals surface area contributed by atoms with Crippen molar-refractivity contribution in [2.45, 2.75) is 20.0 Å². The molecule has 0 N–H and O–H groups in total. The molecule has 0 saturated heterocycles. The monoisotopic (exact) mass is 238 g/mol. The number of hydroxylamine groups is 2. The highest BCUT2D eigenvalue weighted by atomic mass is 16.7. The fourth-order valence-electron chi connectivity index (χ4n) is 1.33. The van der Waals surface area contributed by atoms with E-state index in [1.165, 1.54) is 6.07 Å². The Morgan fingerprint density at radius 2 is 2.18 bits per heavy atom. The number of para-hydroxylation sites is 1. The van der Waals surface area contributed by atoms with Gasteiger partial charge in [-0.1, -0.05) is 19.1 Å². The normalized spacial score (nSPS) is 9.94. The second-order valence-electron chi connectivity index (χ2n) is 3.41. The molecule has 1 aromatic carbocycles. The summed E-state index contributed by atoms with van der Waals surface area (Å²) in [6, 6.07) is 6.29. The number of carbonyl (C=O) groups excluding carboxylic acids is 1. The van der Waals surface area contributed by atoms with Gasteiger partial charge in [-0.2, -0.15) is 0 Å². The third-order valence-corrected chi connectivity index (χ3v) is 2.14. The van der Waals surface area contributed by atoms with Gasteiger partial charge in [0.15, 0.2) is 0 Å². The van der Waals surface area contributed by atoms with E-state index >= 15 is 0 Å². The van der Waals surface area contributed by atoms with Crippen molar-refractivity contribution in [2.24, 2.45) is 0 Å². The Morgan fingerprint density at radius 1 is 1.47 bits per heavy atom. The molecule has 0 fully saturated rings. The highest BCUT2D eigenvalue weighted by Gasteiger charge is 2.13. The molecule has 0 saturated carbocycles. The molecule has 0 bridgehead atoms. The lowest BCUT2D eigenvalue weighted by molar-refractivity contribution is -0.386. The molecule has 0 radical (unpaired) electrons. The average Bonchev–Trinajstić information content (AvgIpc) is 2.34. The van der Waals surface area contributed by atoms with Crippen LogP contribution in [0.2, 0.25) is 0 Å². The minimum atomic E-state index is -0.468. The number of benzene rings is 1. The SMILES string of the molecule is CCCN(C=O)OCc1ccccc1[N+](=O)[O-]. The lowest BCUT2D eigenvalue weighted by Crippen LogP contribution is -2.23. The molecule has 0 aliphatic heterocycles.